The van der Waals surface area contributed by atoms with Crippen molar-refractivity contribution in [1.82, 2.24) is 0 Å². The first-order chi connectivity index (χ1) is 7.24. The van der Waals surface area contributed by atoms with E-state index in [9.17, 15) is 9.59 Å². The van der Waals surface area contributed by atoms with Gasteiger partial charge in [0, 0.05) is 25.6 Å². The van der Waals surface area contributed by atoms with Crippen molar-refractivity contribution in [3.05, 3.63) is 0 Å². The number of hydrogen-bond donors (Lipinski definition) is 0. The number of carbonyl (C=O) groups excluding carboxylic acids is 2. The Morgan fingerprint density at radius 1 is 1.27 bits per heavy atom. The highest BCUT2D eigenvalue weighted by Gasteiger charge is 2.21. The van der Waals surface area contributed by atoms with Crippen molar-refractivity contribution >= 4 is 11.8 Å². The molecule has 0 bridgehead atoms. The Kier molecular flexibility index (Phi) is 5.32. The van der Waals surface area contributed by atoms with Crippen LogP contribution in [0.1, 0.15) is 32.6 Å². The fourth-order valence-corrected chi connectivity index (χ4v) is 1.68. The van der Waals surface area contributed by atoms with Gasteiger partial charge in [0.05, 0.1) is 13.0 Å². The van der Waals surface area contributed by atoms with Crippen molar-refractivity contribution in [3.63, 3.8) is 0 Å². The van der Waals surface area contributed by atoms with Crippen LogP contribution in [0, 0.1) is 5.92 Å². The van der Waals surface area contributed by atoms with Crippen LogP contribution in [-0.4, -0.2) is 31.6 Å². The summed E-state index contributed by atoms with van der Waals surface area (Å²) in [5.41, 5.74) is 0. The summed E-state index contributed by atoms with van der Waals surface area (Å²) in [5, 5.41) is 0. The van der Waals surface area contributed by atoms with Crippen molar-refractivity contribution in [2.45, 2.75) is 32.6 Å². The van der Waals surface area contributed by atoms with Crippen molar-refractivity contribution in [2.24, 2.45) is 5.92 Å². The Balaban J connectivity index is 2.19. The lowest BCUT2D eigenvalue weighted by molar-refractivity contribution is -0.144. The molecule has 0 saturated carbocycles. The van der Waals surface area contributed by atoms with E-state index in [1.807, 2.05) is 0 Å². The van der Waals surface area contributed by atoms with Crippen LogP contribution in [-0.2, 0) is 19.1 Å². The molecule has 0 spiro atoms. The zero-order chi connectivity index (χ0) is 11.1. The molecular formula is C11H18O4. The molecule has 15 heavy (non-hydrogen) atoms. The number of rotatable bonds is 5. The van der Waals surface area contributed by atoms with Crippen LogP contribution in [0.15, 0.2) is 0 Å². The Morgan fingerprint density at radius 2 is 1.93 bits per heavy atom. The molecule has 1 aliphatic rings. The average Bonchev–Trinajstić information content (AvgIpc) is 2.27. The highest BCUT2D eigenvalue weighted by Crippen LogP contribution is 2.17. The van der Waals surface area contributed by atoms with Gasteiger partial charge in [-0.05, 0) is 19.8 Å². The maximum atomic E-state index is 11.6. The van der Waals surface area contributed by atoms with Gasteiger partial charge >= 0.3 is 5.97 Å². The largest absolute Gasteiger partial charge is 0.466 e. The van der Waals surface area contributed by atoms with Gasteiger partial charge in [-0.3, -0.25) is 9.59 Å². The topological polar surface area (TPSA) is 52.6 Å². The van der Waals surface area contributed by atoms with Gasteiger partial charge in [-0.1, -0.05) is 0 Å². The van der Waals surface area contributed by atoms with Crippen molar-refractivity contribution in [3.8, 4) is 0 Å². The molecule has 0 aromatic rings. The van der Waals surface area contributed by atoms with Gasteiger partial charge in [0.15, 0.2) is 0 Å². The monoisotopic (exact) mass is 214 g/mol. The minimum atomic E-state index is -0.280. The van der Waals surface area contributed by atoms with Crippen molar-refractivity contribution in [2.75, 3.05) is 19.8 Å². The van der Waals surface area contributed by atoms with Gasteiger partial charge in [-0.15, -0.1) is 0 Å². The molecule has 4 heteroatoms. The number of ether oxygens (including phenoxy) is 2. The van der Waals surface area contributed by atoms with Crippen LogP contribution >= 0.6 is 0 Å². The molecule has 0 amide bonds. The molecule has 0 atom stereocenters. The quantitative estimate of drug-likeness (QED) is 0.648. The first-order valence-corrected chi connectivity index (χ1v) is 5.50. The van der Waals surface area contributed by atoms with Crippen LogP contribution in [0.3, 0.4) is 0 Å². The van der Waals surface area contributed by atoms with Gasteiger partial charge < -0.3 is 9.47 Å². The molecule has 0 radical (unpaired) electrons. The normalized spacial score (nSPS) is 17.4. The minimum Gasteiger partial charge on any atom is -0.466 e. The smallest absolute Gasteiger partial charge is 0.306 e. The second-order valence-electron chi connectivity index (χ2n) is 3.66. The van der Waals surface area contributed by atoms with E-state index < -0.39 is 0 Å². The molecular weight excluding hydrogens is 196 g/mol. The van der Waals surface area contributed by atoms with Gasteiger partial charge in [0.25, 0.3) is 0 Å². The van der Waals surface area contributed by atoms with E-state index in [4.69, 9.17) is 9.47 Å². The number of carbonyl (C=O) groups is 2. The second kappa shape index (κ2) is 6.56. The summed E-state index contributed by atoms with van der Waals surface area (Å²) in [6, 6.07) is 0. The molecule has 0 aromatic carbocycles. The second-order valence-corrected chi connectivity index (χ2v) is 3.66. The fourth-order valence-electron chi connectivity index (χ4n) is 1.68. The summed E-state index contributed by atoms with van der Waals surface area (Å²) in [7, 11) is 0. The third-order valence-corrected chi connectivity index (χ3v) is 2.56. The Labute approximate surface area is 89.9 Å². The van der Waals surface area contributed by atoms with E-state index in [0.717, 1.165) is 12.8 Å². The summed E-state index contributed by atoms with van der Waals surface area (Å²) in [6.07, 6.45) is 2.11. The first-order valence-electron chi connectivity index (χ1n) is 5.50. The molecule has 1 rings (SSSR count). The maximum absolute atomic E-state index is 11.6. The minimum absolute atomic E-state index is 0.0909. The van der Waals surface area contributed by atoms with Gasteiger partial charge in [-0.2, -0.15) is 0 Å². The predicted molar refractivity (Wildman–Crippen MR) is 54.4 cm³/mol. The van der Waals surface area contributed by atoms with Crippen LogP contribution in [0.5, 0.6) is 0 Å². The highest BCUT2D eigenvalue weighted by molar-refractivity contribution is 5.84. The van der Waals surface area contributed by atoms with Gasteiger partial charge in [0.2, 0.25) is 0 Å². The lowest BCUT2D eigenvalue weighted by Gasteiger charge is -2.20. The summed E-state index contributed by atoms with van der Waals surface area (Å²) < 4.78 is 9.93. The number of ketones is 1. The van der Waals surface area contributed by atoms with Crippen LogP contribution in [0.25, 0.3) is 0 Å². The number of hydrogen-bond acceptors (Lipinski definition) is 4. The molecule has 0 unspecified atom stereocenters. The fraction of sp³-hybridized carbons (Fsp3) is 0.818. The highest BCUT2D eigenvalue weighted by atomic mass is 16.5. The van der Waals surface area contributed by atoms with E-state index in [2.05, 4.69) is 0 Å². The third kappa shape index (κ3) is 4.42. The summed E-state index contributed by atoms with van der Waals surface area (Å²) >= 11 is 0. The molecule has 1 fully saturated rings. The Bertz CT molecular complexity index is 219. The van der Waals surface area contributed by atoms with Gasteiger partial charge in [-0.25, -0.2) is 0 Å². The first kappa shape index (κ1) is 12.2. The van der Waals surface area contributed by atoms with Crippen molar-refractivity contribution < 1.29 is 19.1 Å². The molecule has 4 nitrogen and oxygen atoms in total. The maximum Gasteiger partial charge on any atom is 0.306 e. The van der Waals surface area contributed by atoms with E-state index in [1.165, 1.54) is 0 Å². The predicted octanol–water partition coefficient (Wildman–Crippen LogP) is 1.33. The van der Waals surface area contributed by atoms with E-state index in [1.54, 1.807) is 6.92 Å². The van der Waals surface area contributed by atoms with E-state index in [0.29, 0.717) is 26.2 Å². The molecule has 1 aliphatic heterocycles. The summed E-state index contributed by atoms with van der Waals surface area (Å²) in [4.78, 5) is 22.7. The lowest BCUT2D eigenvalue weighted by atomic mass is 9.93. The van der Waals surface area contributed by atoms with Crippen LogP contribution in [0.2, 0.25) is 0 Å². The molecule has 0 aromatic heterocycles. The zero-order valence-electron chi connectivity index (χ0n) is 9.16. The number of Topliss-reactive ketones (excluding diaryl/α,β-unsaturated/α-hetero) is 1. The van der Waals surface area contributed by atoms with Gasteiger partial charge in [0.1, 0.15) is 5.78 Å². The third-order valence-electron chi connectivity index (χ3n) is 2.56. The average molecular weight is 214 g/mol. The lowest BCUT2D eigenvalue weighted by Crippen LogP contribution is -2.24. The Hall–Kier alpha value is -0.900. The standard InChI is InChI=1S/C11H18O4/c1-2-15-11(13)4-3-10(12)9-5-7-14-8-6-9/h9H,2-8H2,1H3. The SMILES string of the molecule is CCOC(=O)CCC(=O)C1CCOCC1. The zero-order valence-corrected chi connectivity index (χ0v) is 9.16. The molecule has 0 aliphatic carbocycles. The van der Waals surface area contributed by atoms with Crippen LogP contribution in [0.4, 0.5) is 0 Å². The van der Waals surface area contributed by atoms with E-state index >= 15 is 0 Å². The summed E-state index contributed by atoms with van der Waals surface area (Å²) in [6.45, 7) is 3.47. The summed E-state index contributed by atoms with van der Waals surface area (Å²) in [5.74, 6) is -0.0163. The Morgan fingerprint density at radius 3 is 2.53 bits per heavy atom. The molecule has 1 saturated heterocycles. The van der Waals surface area contributed by atoms with E-state index in [-0.39, 0.29) is 24.1 Å². The molecule has 86 valence electrons. The van der Waals surface area contributed by atoms with Crippen LogP contribution < -0.4 is 0 Å². The molecule has 1 heterocycles. The number of esters is 1. The van der Waals surface area contributed by atoms with Crippen molar-refractivity contribution in [1.29, 1.82) is 0 Å². The molecule has 0 N–H and O–H groups in total.